The van der Waals surface area contributed by atoms with Gasteiger partial charge in [-0.1, -0.05) is 0 Å². The summed E-state index contributed by atoms with van der Waals surface area (Å²) in [5, 5.41) is 0.992. The molecule has 0 bridgehead atoms. The Bertz CT molecular complexity index is 527. The van der Waals surface area contributed by atoms with Crippen LogP contribution in [-0.4, -0.2) is 37.1 Å². The second kappa shape index (κ2) is 7.59. The van der Waals surface area contributed by atoms with Crippen LogP contribution in [-0.2, 0) is 6.54 Å². The Balaban J connectivity index is 1.96. The van der Waals surface area contributed by atoms with Gasteiger partial charge < -0.3 is 9.64 Å². The number of hydrogen-bond donors (Lipinski definition) is 1. The maximum Gasteiger partial charge on any atom is 0.123 e. The van der Waals surface area contributed by atoms with E-state index in [1.807, 2.05) is 44.6 Å². The van der Waals surface area contributed by atoms with Crippen LogP contribution >= 0.6 is 23.1 Å². The van der Waals surface area contributed by atoms with Crippen molar-refractivity contribution in [2.24, 2.45) is 0 Å². The lowest BCUT2D eigenvalue weighted by molar-refractivity contribution is 0.261. The molecule has 2 aromatic rings. The van der Waals surface area contributed by atoms with Gasteiger partial charge in [-0.2, -0.15) is 0 Å². The van der Waals surface area contributed by atoms with Crippen molar-refractivity contribution < 1.29 is 4.74 Å². The van der Waals surface area contributed by atoms with Gasteiger partial charge in [0, 0.05) is 29.7 Å². The van der Waals surface area contributed by atoms with Crippen LogP contribution in [0.5, 0.6) is 5.75 Å². The summed E-state index contributed by atoms with van der Waals surface area (Å²) in [6.45, 7) is 2.23. The summed E-state index contributed by atoms with van der Waals surface area (Å²) < 4.78 is 5.67. The number of thiazole rings is 1. The molecule has 0 aliphatic heterocycles. The van der Waals surface area contributed by atoms with Gasteiger partial charge in [-0.3, -0.25) is 0 Å². The van der Waals surface area contributed by atoms with E-state index in [4.69, 9.17) is 16.5 Å². The van der Waals surface area contributed by atoms with E-state index in [0.717, 1.165) is 27.7 Å². The molecule has 0 spiro atoms. The van der Waals surface area contributed by atoms with E-state index < -0.39 is 0 Å². The number of nitrogens with one attached hydrogen (secondary N) is 1. The Morgan fingerprint density at radius 3 is 2.70 bits per heavy atom. The molecule has 108 valence electrons. The molecule has 6 heteroatoms. The van der Waals surface area contributed by atoms with Crippen LogP contribution in [0.2, 0.25) is 0 Å². The molecule has 0 amide bonds. The molecule has 20 heavy (non-hydrogen) atoms. The molecular weight excluding hydrogens is 294 g/mol. The maximum absolute atomic E-state index is 5.67. The molecule has 0 saturated heterocycles. The summed E-state index contributed by atoms with van der Waals surface area (Å²) in [7, 11) is 4.06. The van der Waals surface area contributed by atoms with Crippen molar-refractivity contribution >= 4 is 23.1 Å². The van der Waals surface area contributed by atoms with E-state index >= 15 is 0 Å². The monoisotopic (exact) mass is 311 g/mol. The van der Waals surface area contributed by atoms with Crippen LogP contribution in [0.15, 0.2) is 30.5 Å². The highest BCUT2D eigenvalue weighted by atomic mass is 35.5. The first-order chi connectivity index (χ1) is 9.69. The lowest BCUT2D eigenvalue weighted by Gasteiger charge is -2.11. The van der Waals surface area contributed by atoms with Crippen molar-refractivity contribution in [1.82, 2.24) is 14.7 Å². The van der Waals surface area contributed by atoms with E-state index in [0.29, 0.717) is 13.2 Å². The minimum atomic E-state index is 0.630. The number of rotatable bonds is 7. The number of benzene rings is 1. The standard InChI is InChI=1S/C14H18ClN3OS/c1-18(2)7-8-19-12-5-3-11(4-6-12)14-16-9-13(20-14)10-17-15/h3-6,9,17H,7-8,10H2,1-2H3. The van der Waals surface area contributed by atoms with Gasteiger partial charge in [0.1, 0.15) is 17.4 Å². The summed E-state index contributed by atoms with van der Waals surface area (Å²) in [4.78, 5) is 10.2. The third-order valence-corrected chi connectivity index (χ3v) is 3.88. The van der Waals surface area contributed by atoms with Gasteiger partial charge in [0.2, 0.25) is 0 Å². The van der Waals surface area contributed by atoms with E-state index in [9.17, 15) is 0 Å². The number of aromatic nitrogens is 1. The highest BCUT2D eigenvalue weighted by Crippen LogP contribution is 2.26. The van der Waals surface area contributed by atoms with Crippen LogP contribution in [0, 0.1) is 0 Å². The van der Waals surface area contributed by atoms with Crippen molar-refractivity contribution in [2.75, 3.05) is 27.2 Å². The second-order valence-electron chi connectivity index (χ2n) is 4.62. The minimum absolute atomic E-state index is 0.630. The zero-order valence-electron chi connectivity index (χ0n) is 11.6. The van der Waals surface area contributed by atoms with Crippen molar-refractivity contribution in [3.63, 3.8) is 0 Å². The number of hydrogen-bond acceptors (Lipinski definition) is 5. The summed E-state index contributed by atoms with van der Waals surface area (Å²) >= 11 is 7.12. The van der Waals surface area contributed by atoms with Crippen LogP contribution < -0.4 is 9.57 Å². The molecule has 0 aliphatic rings. The summed E-state index contributed by atoms with van der Waals surface area (Å²) in [6.07, 6.45) is 1.84. The molecule has 0 unspecified atom stereocenters. The number of nitrogens with zero attached hydrogens (tertiary/aromatic N) is 2. The molecule has 2 rings (SSSR count). The molecule has 0 fully saturated rings. The lowest BCUT2D eigenvalue weighted by Crippen LogP contribution is -2.19. The fourth-order valence-electron chi connectivity index (χ4n) is 1.63. The Kier molecular flexibility index (Phi) is 5.79. The summed E-state index contributed by atoms with van der Waals surface area (Å²) in [5.74, 6) is 0.884. The fraction of sp³-hybridized carbons (Fsp3) is 0.357. The summed E-state index contributed by atoms with van der Waals surface area (Å²) in [6, 6.07) is 8.02. The van der Waals surface area contributed by atoms with Crippen LogP contribution in [0.4, 0.5) is 0 Å². The van der Waals surface area contributed by atoms with Crippen LogP contribution in [0.3, 0.4) is 0 Å². The van der Waals surface area contributed by atoms with Crippen molar-refractivity contribution in [2.45, 2.75) is 6.54 Å². The normalized spacial score (nSPS) is 11.0. The first-order valence-electron chi connectivity index (χ1n) is 6.35. The smallest absolute Gasteiger partial charge is 0.123 e. The third-order valence-electron chi connectivity index (χ3n) is 2.70. The predicted octanol–water partition coefficient (Wildman–Crippen LogP) is 2.99. The first kappa shape index (κ1) is 15.3. The Morgan fingerprint density at radius 1 is 1.30 bits per heavy atom. The predicted molar refractivity (Wildman–Crippen MR) is 84.3 cm³/mol. The number of ether oxygens (including phenoxy) is 1. The zero-order valence-corrected chi connectivity index (χ0v) is 13.2. The van der Waals surface area contributed by atoms with E-state index in [1.165, 1.54) is 0 Å². The average Bonchev–Trinajstić information content (AvgIpc) is 2.88. The molecule has 0 saturated carbocycles. The first-order valence-corrected chi connectivity index (χ1v) is 7.54. The van der Waals surface area contributed by atoms with E-state index in [1.54, 1.807) is 11.3 Å². The van der Waals surface area contributed by atoms with E-state index in [-0.39, 0.29) is 0 Å². The minimum Gasteiger partial charge on any atom is -0.492 e. The fourth-order valence-corrected chi connectivity index (χ4v) is 2.71. The molecule has 1 aromatic heterocycles. The highest BCUT2D eigenvalue weighted by Gasteiger charge is 2.05. The van der Waals surface area contributed by atoms with Gasteiger partial charge in [0.05, 0.1) is 0 Å². The topological polar surface area (TPSA) is 37.4 Å². The average molecular weight is 312 g/mol. The number of likely N-dealkylation sites (N-methyl/N-ethyl adjacent to an activating group) is 1. The molecule has 1 N–H and O–H groups in total. The van der Waals surface area contributed by atoms with Gasteiger partial charge in [0.25, 0.3) is 0 Å². The SMILES string of the molecule is CN(C)CCOc1ccc(-c2ncc(CNCl)s2)cc1. The lowest BCUT2D eigenvalue weighted by atomic mass is 10.2. The maximum atomic E-state index is 5.67. The van der Waals surface area contributed by atoms with Crippen LogP contribution in [0.1, 0.15) is 4.88 Å². The summed E-state index contributed by atoms with van der Waals surface area (Å²) in [5.41, 5.74) is 1.09. The largest absolute Gasteiger partial charge is 0.492 e. The Hall–Kier alpha value is -1.14. The van der Waals surface area contributed by atoms with E-state index in [2.05, 4.69) is 14.7 Å². The van der Waals surface area contributed by atoms with Gasteiger partial charge in [0.15, 0.2) is 0 Å². The van der Waals surface area contributed by atoms with Gasteiger partial charge in [-0.25, -0.2) is 9.82 Å². The van der Waals surface area contributed by atoms with Gasteiger partial charge >= 0.3 is 0 Å². The molecule has 1 aromatic carbocycles. The molecular formula is C14H18ClN3OS. The Labute approximate surface area is 128 Å². The molecule has 0 atom stereocenters. The van der Waals surface area contributed by atoms with Crippen LogP contribution in [0.25, 0.3) is 10.6 Å². The molecule has 0 radical (unpaired) electrons. The van der Waals surface area contributed by atoms with Gasteiger partial charge in [-0.15, -0.1) is 11.3 Å². The molecule has 4 nitrogen and oxygen atoms in total. The third kappa shape index (κ3) is 4.45. The quantitative estimate of drug-likeness (QED) is 0.798. The molecule has 0 aliphatic carbocycles. The van der Waals surface area contributed by atoms with Crippen molar-refractivity contribution in [3.8, 4) is 16.3 Å². The van der Waals surface area contributed by atoms with Crippen molar-refractivity contribution in [1.29, 1.82) is 0 Å². The number of halogens is 1. The van der Waals surface area contributed by atoms with Gasteiger partial charge in [-0.05, 0) is 50.1 Å². The van der Waals surface area contributed by atoms with Crippen molar-refractivity contribution in [3.05, 3.63) is 35.3 Å². The molecule has 1 heterocycles. The Morgan fingerprint density at radius 2 is 2.05 bits per heavy atom. The highest BCUT2D eigenvalue weighted by molar-refractivity contribution is 7.15. The zero-order chi connectivity index (χ0) is 14.4. The second-order valence-corrected chi connectivity index (χ2v) is 6.00.